The third-order valence-corrected chi connectivity index (χ3v) is 3.07. The smallest absolute Gasteiger partial charge is 0.371 e. The van der Waals surface area contributed by atoms with Gasteiger partial charge in [0.15, 0.2) is 11.5 Å². The number of amides is 1. The summed E-state index contributed by atoms with van der Waals surface area (Å²) < 4.78 is 15.9. The fraction of sp³-hybridized carbons (Fsp3) is 0.176. The lowest BCUT2D eigenvalue weighted by Gasteiger charge is -2.10. The van der Waals surface area contributed by atoms with Crippen LogP contribution in [0.5, 0.6) is 11.5 Å². The van der Waals surface area contributed by atoms with Gasteiger partial charge in [0.25, 0.3) is 5.91 Å². The molecule has 0 atom stereocenters. The molecule has 0 unspecified atom stereocenters. The van der Waals surface area contributed by atoms with Crippen molar-refractivity contribution in [2.75, 3.05) is 7.11 Å². The molecule has 1 heterocycles. The van der Waals surface area contributed by atoms with Crippen molar-refractivity contribution < 1.29 is 28.6 Å². The summed E-state index contributed by atoms with van der Waals surface area (Å²) in [5.41, 5.74) is 2.85. The lowest BCUT2D eigenvalue weighted by atomic mass is 10.2. The van der Waals surface area contributed by atoms with Crippen LogP contribution in [0.25, 0.3) is 0 Å². The van der Waals surface area contributed by atoms with Crippen LogP contribution in [0.15, 0.2) is 39.9 Å². The number of carboxylic acids is 1. The van der Waals surface area contributed by atoms with E-state index in [1.165, 1.54) is 25.5 Å². The number of methoxy groups -OCH3 is 1. The van der Waals surface area contributed by atoms with E-state index < -0.39 is 11.9 Å². The van der Waals surface area contributed by atoms with E-state index in [2.05, 4.69) is 10.5 Å². The van der Waals surface area contributed by atoms with E-state index in [1.54, 1.807) is 24.3 Å². The summed E-state index contributed by atoms with van der Waals surface area (Å²) in [4.78, 5) is 21.9. The molecule has 0 bridgehead atoms. The molecule has 134 valence electrons. The maximum Gasteiger partial charge on any atom is 0.371 e. The molecule has 9 heteroatoms. The molecule has 0 saturated carbocycles. The third kappa shape index (κ3) is 5.10. The number of carbonyl (C=O) groups is 2. The third-order valence-electron chi connectivity index (χ3n) is 3.07. The summed E-state index contributed by atoms with van der Waals surface area (Å²) >= 11 is 0. The Balaban J connectivity index is 2.01. The molecule has 0 aliphatic heterocycles. The van der Waals surface area contributed by atoms with Gasteiger partial charge >= 0.3 is 5.97 Å². The van der Waals surface area contributed by atoms with Gasteiger partial charge in [-0.1, -0.05) is 0 Å². The van der Waals surface area contributed by atoms with E-state index in [1.807, 2.05) is 0 Å². The number of benzene rings is 1. The maximum atomic E-state index is 11.1. The highest BCUT2D eigenvalue weighted by molar-refractivity contribution is 5.84. The van der Waals surface area contributed by atoms with Crippen LogP contribution >= 0.6 is 0 Å². The van der Waals surface area contributed by atoms with Gasteiger partial charge in [-0.05, 0) is 35.9 Å². The van der Waals surface area contributed by atoms with Crippen molar-refractivity contribution in [1.82, 2.24) is 5.43 Å². The molecule has 1 amide bonds. The quantitative estimate of drug-likeness (QED) is 0.544. The largest absolute Gasteiger partial charge is 0.493 e. The molecule has 9 nitrogen and oxygen atoms in total. The highest BCUT2D eigenvalue weighted by Crippen LogP contribution is 2.28. The second-order valence-electron chi connectivity index (χ2n) is 4.90. The summed E-state index contributed by atoms with van der Waals surface area (Å²) in [6, 6.07) is 9.53. The number of rotatable bonds is 8. The fourth-order valence-electron chi connectivity index (χ4n) is 1.89. The first-order chi connectivity index (χ1) is 12.5. The van der Waals surface area contributed by atoms with Gasteiger partial charge in [-0.3, -0.25) is 4.79 Å². The number of carbonyl (C=O) groups excluding carboxylic acids is 1. The number of aromatic carboxylic acids is 1. The predicted molar refractivity (Wildman–Crippen MR) is 89.0 cm³/mol. The minimum atomic E-state index is -1.15. The average molecular weight is 357 g/mol. The molecule has 0 aliphatic carbocycles. The van der Waals surface area contributed by atoms with E-state index in [4.69, 9.17) is 24.3 Å². The normalized spacial score (nSPS) is 10.3. The molecule has 0 radical (unpaired) electrons. The minimum absolute atomic E-state index is 0.0291. The highest BCUT2D eigenvalue weighted by atomic mass is 16.5. The first kappa shape index (κ1) is 18.5. The van der Waals surface area contributed by atoms with Gasteiger partial charge in [-0.15, -0.1) is 0 Å². The maximum absolute atomic E-state index is 11.1. The minimum Gasteiger partial charge on any atom is -0.493 e. The zero-order chi connectivity index (χ0) is 18.9. The van der Waals surface area contributed by atoms with Crippen LogP contribution in [0.1, 0.15) is 28.3 Å². The van der Waals surface area contributed by atoms with Crippen LogP contribution < -0.4 is 14.9 Å². The Morgan fingerprint density at radius 2 is 2.15 bits per heavy atom. The van der Waals surface area contributed by atoms with Gasteiger partial charge < -0.3 is 19.0 Å². The Labute approximate surface area is 148 Å². The second kappa shape index (κ2) is 8.89. The summed E-state index contributed by atoms with van der Waals surface area (Å²) in [5.74, 6) is -0.626. The Hall–Kier alpha value is -3.80. The monoisotopic (exact) mass is 357 g/mol. The van der Waals surface area contributed by atoms with E-state index in [-0.39, 0.29) is 18.8 Å². The van der Waals surface area contributed by atoms with Crippen molar-refractivity contribution in [2.24, 2.45) is 5.10 Å². The van der Waals surface area contributed by atoms with Crippen LogP contribution in [0, 0.1) is 11.3 Å². The number of nitrogens with zero attached hydrogens (tertiary/aromatic N) is 2. The van der Waals surface area contributed by atoms with Gasteiger partial charge in [-0.25, -0.2) is 10.2 Å². The Morgan fingerprint density at radius 1 is 1.35 bits per heavy atom. The van der Waals surface area contributed by atoms with Gasteiger partial charge in [-0.2, -0.15) is 10.4 Å². The van der Waals surface area contributed by atoms with Crippen LogP contribution in [0.3, 0.4) is 0 Å². The number of carboxylic acid groups (broad SMARTS) is 1. The standard InChI is InChI=1S/C17H15N3O6/c1-24-15-8-11(9-19-20-16(21)6-7-18)2-4-13(15)25-10-12-3-5-14(26-12)17(22)23/h2-5,8-9H,6,10H2,1H3,(H,20,21)(H,22,23)/b19-9+. The molecule has 2 aromatic rings. The van der Waals surface area contributed by atoms with Gasteiger partial charge in [0, 0.05) is 0 Å². The fourth-order valence-corrected chi connectivity index (χ4v) is 1.89. The lowest BCUT2D eigenvalue weighted by Crippen LogP contribution is -2.16. The Bertz CT molecular complexity index is 866. The first-order valence-electron chi connectivity index (χ1n) is 7.35. The van der Waals surface area contributed by atoms with Crippen molar-refractivity contribution in [2.45, 2.75) is 13.0 Å². The van der Waals surface area contributed by atoms with Crippen LogP contribution in [0.2, 0.25) is 0 Å². The predicted octanol–water partition coefficient (Wildman–Crippen LogP) is 1.93. The number of hydrazone groups is 1. The second-order valence-corrected chi connectivity index (χ2v) is 4.90. The van der Waals surface area contributed by atoms with Gasteiger partial charge in [0.1, 0.15) is 18.8 Å². The van der Waals surface area contributed by atoms with E-state index in [0.29, 0.717) is 22.8 Å². The zero-order valence-corrected chi connectivity index (χ0v) is 13.8. The summed E-state index contributed by atoms with van der Waals surface area (Å²) in [5, 5.41) is 20.9. The summed E-state index contributed by atoms with van der Waals surface area (Å²) in [7, 11) is 1.47. The number of furan rings is 1. The molecular formula is C17H15N3O6. The molecule has 0 spiro atoms. The van der Waals surface area contributed by atoms with Gasteiger partial charge in [0.2, 0.25) is 5.76 Å². The SMILES string of the molecule is COc1cc(/C=N/NC(=O)CC#N)ccc1OCc1ccc(C(=O)O)o1. The Kier molecular flexibility index (Phi) is 6.34. The lowest BCUT2D eigenvalue weighted by molar-refractivity contribution is -0.120. The molecule has 2 N–H and O–H groups in total. The number of nitriles is 1. The number of hydrogen-bond acceptors (Lipinski definition) is 7. The molecule has 0 fully saturated rings. The molecule has 0 aliphatic rings. The molecule has 1 aromatic heterocycles. The van der Waals surface area contributed by atoms with Crippen molar-refractivity contribution in [3.63, 3.8) is 0 Å². The van der Waals surface area contributed by atoms with Crippen molar-refractivity contribution in [3.8, 4) is 17.6 Å². The van der Waals surface area contributed by atoms with E-state index >= 15 is 0 Å². The van der Waals surface area contributed by atoms with Gasteiger partial charge in [0.05, 0.1) is 19.4 Å². The number of ether oxygens (including phenoxy) is 2. The highest BCUT2D eigenvalue weighted by Gasteiger charge is 2.11. The molecule has 1 aromatic carbocycles. The van der Waals surface area contributed by atoms with E-state index in [9.17, 15) is 9.59 Å². The Morgan fingerprint density at radius 3 is 2.81 bits per heavy atom. The molecular weight excluding hydrogens is 342 g/mol. The average Bonchev–Trinajstić information content (AvgIpc) is 3.10. The van der Waals surface area contributed by atoms with Crippen molar-refractivity contribution >= 4 is 18.1 Å². The number of nitrogens with one attached hydrogen (secondary N) is 1. The topological polar surface area (TPSA) is 134 Å². The van der Waals surface area contributed by atoms with Crippen LogP contribution in [-0.2, 0) is 11.4 Å². The number of hydrogen-bond donors (Lipinski definition) is 2. The van der Waals surface area contributed by atoms with Crippen LogP contribution in [0.4, 0.5) is 0 Å². The van der Waals surface area contributed by atoms with Crippen molar-refractivity contribution in [1.29, 1.82) is 5.26 Å². The molecule has 0 saturated heterocycles. The first-order valence-corrected chi connectivity index (χ1v) is 7.35. The van der Waals surface area contributed by atoms with Crippen molar-refractivity contribution in [3.05, 3.63) is 47.4 Å². The zero-order valence-electron chi connectivity index (χ0n) is 13.8. The molecule has 2 rings (SSSR count). The summed E-state index contributed by atoms with van der Waals surface area (Å²) in [6.45, 7) is 0.0291. The molecule has 26 heavy (non-hydrogen) atoms. The van der Waals surface area contributed by atoms with E-state index in [0.717, 1.165) is 0 Å². The van der Waals surface area contributed by atoms with Crippen LogP contribution in [-0.4, -0.2) is 30.3 Å². The summed E-state index contributed by atoms with van der Waals surface area (Å²) in [6.07, 6.45) is 1.12.